The number of aryl methyl sites for hydroxylation is 1. The zero-order valence-electron chi connectivity index (χ0n) is 10.8. The van der Waals surface area contributed by atoms with Crippen molar-refractivity contribution in [3.63, 3.8) is 0 Å². The Morgan fingerprint density at radius 3 is 2.78 bits per heavy atom. The lowest BCUT2D eigenvalue weighted by molar-refractivity contribution is 0.704. The van der Waals surface area contributed by atoms with E-state index in [1.165, 1.54) is 0 Å². The molecular weight excluding hydrogens is 226 g/mol. The Morgan fingerprint density at radius 1 is 1.39 bits per heavy atom. The van der Waals surface area contributed by atoms with E-state index in [0.717, 1.165) is 23.0 Å². The number of rotatable bonds is 4. The largest absolute Gasteiger partial charge is 0.380 e. The molecule has 3 N–H and O–H groups in total. The molecular formula is C14H19N3O. The van der Waals surface area contributed by atoms with Gasteiger partial charge in [-0.05, 0) is 12.5 Å². The van der Waals surface area contributed by atoms with E-state index in [1.54, 1.807) is 17.7 Å². The van der Waals surface area contributed by atoms with Gasteiger partial charge in [0.15, 0.2) is 0 Å². The molecule has 1 atom stereocenters. The standard InChI is InChI=1S/C14H19N3O/c1-3-10(9-15)16-12-8-14(18)17(2)13-7-5-4-6-11(12)13/h4-8,10,16H,3,9,15H2,1-2H3. The average molecular weight is 245 g/mol. The van der Waals surface area contributed by atoms with E-state index in [9.17, 15) is 4.79 Å². The van der Waals surface area contributed by atoms with Crippen LogP contribution in [0.15, 0.2) is 35.1 Å². The number of fused-ring (bicyclic) bond motifs is 1. The van der Waals surface area contributed by atoms with Crippen LogP contribution >= 0.6 is 0 Å². The number of benzene rings is 1. The minimum Gasteiger partial charge on any atom is -0.380 e. The SMILES string of the molecule is CCC(CN)Nc1cc(=O)n(C)c2ccccc12. The van der Waals surface area contributed by atoms with Crippen molar-refractivity contribution in [1.82, 2.24) is 4.57 Å². The molecule has 2 aromatic rings. The van der Waals surface area contributed by atoms with Crippen LogP contribution in [0.3, 0.4) is 0 Å². The molecule has 0 saturated heterocycles. The van der Waals surface area contributed by atoms with E-state index >= 15 is 0 Å². The molecule has 1 unspecified atom stereocenters. The number of nitrogens with one attached hydrogen (secondary N) is 1. The number of para-hydroxylation sites is 1. The van der Waals surface area contributed by atoms with Crippen LogP contribution in [-0.4, -0.2) is 17.2 Å². The summed E-state index contributed by atoms with van der Waals surface area (Å²) >= 11 is 0. The predicted molar refractivity (Wildman–Crippen MR) is 75.9 cm³/mol. The maximum absolute atomic E-state index is 11.9. The highest BCUT2D eigenvalue weighted by molar-refractivity contribution is 5.91. The van der Waals surface area contributed by atoms with Crippen molar-refractivity contribution >= 4 is 16.6 Å². The van der Waals surface area contributed by atoms with Crippen molar-refractivity contribution < 1.29 is 0 Å². The van der Waals surface area contributed by atoms with Crippen LogP contribution in [0.2, 0.25) is 0 Å². The third-order valence-electron chi connectivity index (χ3n) is 3.29. The zero-order chi connectivity index (χ0) is 13.1. The van der Waals surface area contributed by atoms with Gasteiger partial charge >= 0.3 is 0 Å². The molecule has 2 rings (SSSR count). The first kappa shape index (κ1) is 12.6. The van der Waals surface area contributed by atoms with Crippen molar-refractivity contribution in [2.24, 2.45) is 12.8 Å². The number of pyridine rings is 1. The van der Waals surface area contributed by atoms with Crippen LogP contribution in [0, 0.1) is 0 Å². The summed E-state index contributed by atoms with van der Waals surface area (Å²) in [6.45, 7) is 2.63. The average Bonchev–Trinajstić information content (AvgIpc) is 2.41. The molecule has 96 valence electrons. The van der Waals surface area contributed by atoms with Gasteiger partial charge in [0, 0.05) is 36.8 Å². The van der Waals surface area contributed by atoms with Gasteiger partial charge in [-0.15, -0.1) is 0 Å². The van der Waals surface area contributed by atoms with Crippen LogP contribution in [0.1, 0.15) is 13.3 Å². The number of hydrogen-bond acceptors (Lipinski definition) is 3. The molecule has 4 heteroatoms. The van der Waals surface area contributed by atoms with E-state index in [0.29, 0.717) is 6.54 Å². The van der Waals surface area contributed by atoms with Gasteiger partial charge in [-0.3, -0.25) is 4.79 Å². The number of nitrogens with two attached hydrogens (primary N) is 1. The molecule has 0 aliphatic heterocycles. The lowest BCUT2D eigenvalue weighted by atomic mass is 10.1. The molecule has 0 aliphatic rings. The monoisotopic (exact) mass is 245 g/mol. The van der Waals surface area contributed by atoms with E-state index in [4.69, 9.17) is 5.73 Å². The maximum Gasteiger partial charge on any atom is 0.252 e. The smallest absolute Gasteiger partial charge is 0.252 e. The summed E-state index contributed by atoms with van der Waals surface area (Å²) < 4.78 is 1.66. The van der Waals surface area contributed by atoms with Gasteiger partial charge in [0.05, 0.1) is 5.52 Å². The lowest BCUT2D eigenvalue weighted by Crippen LogP contribution is -2.29. The van der Waals surface area contributed by atoms with E-state index < -0.39 is 0 Å². The number of aromatic nitrogens is 1. The third-order valence-corrected chi connectivity index (χ3v) is 3.29. The first-order chi connectivity index (χ1) is 8.67. The molecule has 4 nitrogen and oxygen atoms in total. The second kappa shape index (κ2) is 5.23. The van der Waals surface area contributed by atoms with Crippen molar-refractivity contribution in [1.29, 1.82) is 0 Å². The number of hydrogen-bond donors (Lipinski definition) is 2. The Labute approximate surface area is 106 Å². The Bertz CT molecular complexity index is 600. The van der Waals surface area contributed by atoms with Crippen LogP contribution in [0.5, 0.6) is 0 Å². The molecule has 0 fully saturated rings. The van der Waals surface area contributed by atoms with Crippen LogP contribution < -0.4 is 16.6 Å². The summed E-state index contributed by atoms with van der Waals surface area (Å²) in [4.78, 5) is 11.9. The highest BCUT2D eigenvalue weighted by atomic mass is 16.1. The predicted octanol–water partition coefficient (Wildman–Crippen LogP) is 1.69. The fourth-order valence-corrected chi connectivity index (χ4v) is 2.08. The summed E-state index contributed by atoms with van der Waals surface area (Å²) in [7, 11) is 1.79. The maximum atomic E-state index is 11.9. The van der Waals surface area contributed by atoms with Crippen molar-refractivity contribution in [3.8, 4) is 0 Å². The van der Waals surface area contributed by atoms with E-state index in [2.05, 4.69) is 12.2 Å². The molecule has 0 bridgehead atoms. The van der Waals surface area contributed by atoms with E-state index in [-0.39, 0.29) is 11.6 Å². The van der Waals surface area contributed by atoms with Gasteiger partial charge in [0.2, 0.25) is 0 Å². The van der Waals surface area contributed by atoms with Gasteiger partial charge in [0.25, 0.3) is 5.56 Å². The lowest BCUT2D eigenvalue weighted by Gasteiger charge is -2.18. The molecule has 0 aliphatic carbocycles. The second-order valence-corrected chi connectivity index (χ2v) is 4.46. The first-order valence-corrected chi connectivity index (χ1v) is 6.22. The Hall–Kier alpha value is -1.81. The molecule has 18 heavy (non-hydrogen) atoms. The summed E-state index contributed by atoms with van der Waals surface area (Å²) in [6.07, 6.45) is 0.931. The van der Waals surface area contributed by atoms with Gasteiger partial charge < -0.3 is 15.6 Å². The second-order valence-electron chi connectivity index (χ2n) is 4.46. The normalized spacial score (nSPS) is 12.6. The molecule has 1 aromatic heterocycles. The van der Waals surface area contributed by atoms with Crippen LogP contribution in [0.25, 0.3) is 10.9 Å². The third kappa shape index (κ3) is 2.24. The first-order valence-electron chi connectivity index (χ1n) is 6.22. The summed E-state index contributed by atoms with van der Waals surface area (Å²) in [5.41, 5.74) is 7.48. The quantitative estimate of drug-likeness (QED) is 0.861. The molecule has 0 saturated carbocycles. The van der Waals surface area contributed by atoms with Gasteiger partial charge in [0.1, 0.15) is 0 Å². The number of nitrogens with zero attached hydrogens (tertiary/aromatic N) is 1. The Morgan fingerprint density at radius 2 is 2.11 bits per heavy atom. The van der Waals surface area contributed by atoms with Gasteiger partial charge in [-0.2, -0.15) is 0 Å². The van der Waals surface area contributed by atoms with Gasteiger partial charge in [-0.1, -0.05) is 25.1 Å². The Kier molecular flexibility index (Phi) is 3.67. The Balaban J connectivity index is 2.57. The summed E-state index contributed by atoms with van der Waals surface area (Å²) in [5.74, 6) is 0. The van der Waals surface area contributed by atoms with Crippen LogP contribution in [-0.2, 0) is 7.05 Å². The van der Waals surface area contributed by atoms with E-state index in [1.807, 2.05) is 24.3 Å². The topological polar surface area (TPSA) is 60.0 Å². The summed E-state index contributed by atoms with van der Waals surface area (Å²) in [5, 5.41) is 4.40. The fourth-order valence-electron chi connectivity index (χ4n) is 2.08. The number of anilines is 1. The highest BCUT2D eigenvalue weighted by Gasteiger charge is 2.09. The van der Waals surface area contributed by atoms with Gasteiger partial charge in [-0.25, -0.2) is 0 Å². The van der Waals surface area contributed by atoms with Crippen molar-refractivity contribution in [2.75, 3.05) is 11.9 Å². The molecule has 0 amide bonds. The summed E-state index contributed by atoms with van der Waals surface area (Å²) in [6, 6.07) is 9.71. The van der Waals surface area contributed by atoms with Crippen molar-refractivity contribution in [2.45, 2.75) is 19.4 Å². The van der Waals surface area contributed by atoms with Crippen LogP contribution in [0.4, 0.5) is 5.69 Å². The molecule has 0 spiro atoms. The highest BCUT2D eigenvalue weighted by Crippen LogP contribution is 2.21. The van der Waals surface area contributed by atoms with Crippen molar-refractivity contribution in [3.05, 3.63) is 40.7 Å². The fraction of sp³-hybridized carbons (Fsp3) is 0.357. The minimum absolute atomic E-state index is 0.0110. The molecule has 1 heterocycles. The minimum atomic E-state index is -0.0110. The molecule has 0 radical (unpaired) electrons. The molecule has 1 aromatic carbocycles. The zero-order valence-corrected chi connectivity index (χ0v) is 10.8.